The number of aliphatic hydroxyl groups is 2. The van der Waals surface area contributed by atoms with Crippen molar-refractivity contribution in [1.29, 1.82) is 0 Å². The summed E-state index contributed by atoms with van der Waals surface area (Å²) >= 11 is 0. The maximum atomic E-state index is 12.6. The summed E-state index contributed by atoms with van der Waals surface area (Å²) in [6, 6.07) is 0. The van der Waals surface area contributed by atoms with E-state index >= 15 is 0 Å². The molecule has 60 heavy (non-hydrogen) atoms. The molecule has 5 N–H and O–H groups in total. The summed E-state index contributed by atoms with van der Waals surface area (Å²) in [5, 5.41) is 19.9. The van der Waals surface area contributed by atoms with E-state index in [1.165, 1.54) is 77.0 Å². The molecule has 4 atom stereocenters. The van der Waals surface area contributed by atoms with Gasteiger partial charge in [-0.15, -0.1) is 0 Å². The molecule has 0 fully saturated rings. The van der Waals surface area contributed by atoms with Crippen LogP contribution < -0.4 is 0 Å². The molecule has 0 aromatic heterocycles. The van der Waals surface area contributed by atoms with E-state index in [0.29, 0.717) is 25.7 Å². The minimum absolute atomic E-state index is 0.00351. The lowest BCUT2D eigenvalue weighted by atomic mass is 10.0. The van der Waals surface area contributed by atoms with Crippen molar-refractivity contribution in [3.63, 3.8) is 0 Å². The number of ether oxygens (including phenoxy) is 2. The smallest absolute Gasteiger partial charge is 0.462 e. The fourth-order valence-corrected chi connectivity index (χ4v) is 6.94. The molecule has 0 bridgehead atoms. The quantitative estimate of drug-likeness (QED) is 0.0127. The van der Waals surface area contributed by atoms with Crippen molar-refractivity contribution in [1.82, 2.24) is 0 Å². The monoisotopic (exact) mass is 895 g/mol. The van der Waals surface area contributed by atoms with Gasteiger partial charge < -0.3 is 34.4 Å². The molecule has 0 aliphatic carbocycles. The van der Waals surface area contributed by atoms with Gasteiger partial charge >= 0.3 is 27.6 Å². The van der Waals surface area contributed by atoms with E-state index in [4.69, 9.17) is 23.8 Å². The Balaban J connectivity index is 4.68. The molecule has 0 aromatic rings. The van der Waals surface area contributed by atoms with Crippen LogP contribution in [0.1, 0.15) is 168 Å². The zero-order valence-electron chi connectivity index (χ0n) is 36.8. The summed E-state index contributed by atoms with van der Waals surface area (Å²) < 4.78 is 47.7. The third kappa shape index (κ3) is 42.7. The molecule has 0 saturated carbocycles. The van der Waals surface area contributed by atoms with Gasteiger partial charge in [0.2, 0.25) is 0 Å². The zero-order valence-corrected chi connectivity index (χ0v) is 38.6. The Bertz CT molecular complexity index is 1280. The van der Waals surface area contributed by atoms with Gasteiger partial charge in [0.15, 0.2) is 6.10 Å². The van der Waals surface area contributed by atoms with Gasteiger partial charge in [-0.05, 0) is 50.9 Å². The van der Waals surface area contributed by atoms with Gasteiger partial charge in [0.25, 0.3) is 0 Å². The lowest BCUT2D eigenvalue weighted by Crippen LogP contribution is -2.29. The van der Waals surface area contributed by atoms with Gasteiger partial charge in [-0.3, -0.25) is 23.2 Å². The lowest BCUT2D eigenvalue weighted by molar-refractivity contribution is -0.161. The fraction of sp³-hybridized carbons (Fsp3) is 0.773. The minimum atomic E-state index is -4.88. The maximum absolute atomic E-state index is 12.6. The summed E-state index contributed by atoms with van der Waals surface area (Å²) in [7, 11) is -9.72. The number of hydrogen-bond donors (Lipinski definition) is 5. The minimum Gasteiger partial charge on any atom is -0.462 e. The number of carbonyl (C=O) groups excluding carboxylic acids is 2. The first-order valence-corrected chi connectivity index (χ1v) is 25.3. The molecule has 0 aromatic carbocycles. The molecule has 0 rings (SSSR count). The number of rotatable bonds is 41. The van der Waals surface area contributed by atoms with Crippen molar-refractivity contribution < 1.29 is 66.7 Å². The van der Waals surface area contributed by atoms with E-state index in [1.807, 2.05) is 18.2 Å². The van der Waals surface area contributed by atoms with Gasteiger partial charge in [0.05, 0.1) is 25.9 Å². The van der Waals surface area contributed by atoms with Crippen molar-refractivity contribution >= 4 is 27.6 Å². The number of hydrogen-bond acceptors (Lipinski definition) is 11. The van der Waals surface area contributed by atoms with Crippen LogP contribution in [0.3, 0.4) is 0 Å². The zero-order chi connectivity index (χ0) is 44.7. The Morgan fingerprint density at radius 1 is 0.600 bits per heavy atom. The number of aliphatic hydroxyl groups excluding tert-OH is 2. The van der Waals surface area contributed by atoms with Crippen LogP contribution in [0, 0.1) is 5.92 Å². The topological polar surface area (TPSA) is 216 Å². The molecule has 350 valence electrons. The van der Waals surface area contributed by atoms with Gasteiger partial charge in [0, 0.05) is 12.8 Å². The maximum Gasteiger partial charge on any atom is 0.472 e. The van der Waals surface area contributed by atoms with E-state index in [-0.39, 0.29) is 12.8 Å². The van der Waals surface area contributed by atoms with Crippen LogP contribution in [0.15, 0.2) is 48.6 Å². The largest absolute Gasteiger partial charge is 0.472 e. The summed E-state index contributed by atoms with van der Waals surface area (Å²) in [5.41, 5.74) is 0. The Morgan fingerprint density at radius 2 is 1.17 bits per heavy atom. The van der Waals surface area contributed by atoms with E-state index in [1.54, 1.807) is 18.2 Å². The van der Waals surface area contributed by atoms with E-state index in [9.17, 15) is 33.8 Å². The van der Waals surface area contributed by atoms with Crippen molar-refractivity contribution in [2.75, 3.05) is 26.4 Å². The summed E-state index contributed by atoms with van der Waals surface area (Å²) in [5.74, 6) is -0.372. The van der Waals surface area contributed by atoms with Crippen LogP contribution in [-0.4, -0.2) is 81.6 Å². The number of phosphoric acid groups is 2. The Morgan fingerprint density at radius 3 is 1.80 bits per heavy atom. The van der Waals surface area contributed by atoms with Crippen LogP contribution in [0.2, 0.25) is 0 Å². The van der Waals surface area contributed by atoms with Gasteiger partial charge in [-0.25, -0.2) is 9.13 Å². The van der Waals surface area contributed by atoms with E-state index in [0.717, 1.165) is 38.0 Å². The second kappa shape index (κ2) is 38.7. The Kier molecular flexibility index (Phi) is 37.4. The Hall–Kier alpha value is -1.96. The number of esters is 2. The van der Waals surface area contributed by atoms with Crippen molar-refractivity contribution in [3.8, 4) is 0 Å². The molecule has 0 radical (unpaired) electrons. The standard InChI is InChI=1S/C44H80O14P2/c1-4-5-6-7-8-13-17-21-26-31-40(45)32-27-22-19-24-29-34-44(48)58-42(38-57-60(52,53)56-36-41(46)35-55-59(49,50)51)37-54-43(47)33-28-23-18-15-12-10-9-11-14-16-20-25-30-39(2)3/h8,13,19,21-22,26-27,32,39-42,45-46H,4-7,9-12,14-18,20,23-25,28-31,33-38H2,1-3H3,(H,52,53)(H2,49,50,51)/b13-8-,22-19+,26-21-,32-27-/t40?,41-,42+/m0/s1. The molecule has 0 heterocycles. The molecule has 0 amide bonds. The lowest BCUT2D eigenvalue weighted by Gasteiger charge is -2.20. The second-order valence-corrected chi connectivity index (χ2v) is 18.3. The van der Waals surface area contributed by atoms with E-state index in [2.05, 4.69) is 42.0 Å². The average Bonchev–Trinajstić information content (AvgIpc) is 3.19. The molecule has 2 unspecified atom stereocenters. The predicted molar refractivity (Wildman–Crippen MR) is 236 cm³/mol. The molecule has 0 aliphatic rings. The van der Waals surface area contributed by atoms with Crippen LogP contribution in [-0.2, 0) is 41.8 Å². The molecular weight excluding hydrogens is 814 g/mol. The highest BCUT2D eigenvalue weighted by Gasteiger charge is 2.28. The number of unbranched alkanes of at least 4 members (excludes halogenated alkanes) is 15. The van der Waals surface area contributed by atoms with E-state index < -0.39 is 72.3 Å². The highest BCUT2D eigenvalue weighted by atomic mass is 31.2. The first-order chi connectivity index (χ1) is 28.6. The number of carbonyl (C=O) groups is 2. The van der Waals surface area contributed by atoms with Gasteiger partial charge in [0.1, 0.15) is 12.7 Å². The van der Waals surface area contributed by atoms with Crippen molar-refractivity contribution in [3.05, 3.63) is 48.6 Å². The highest BCUT2D eigenvalue weighted by Crippen LogP contribution is 2.43. The SMILES string of the molecule is CCCCC/C=C\C/C=C\CC(O)/C=C\C=C\CCCC(=O)O[C@H](COC(=O)CCCCCCCCCCCCCCC(C)C)COP(=O)(O)OC[C@@H](O)COP(=O)(O)O. The predicted octanol–water partition coefficient (Wildman–Crippen LogP) is 10.3. The second-order valence-electron chi connectivity index (χ2n) is 15.7. The molecule has 0 aliphatic heterocycles. The van der Waals surface area contributed by atoms with Gasteiger partial charge in [-0.2, -0.15) is 0 Å². The third-order valence-electron chi connectivity index (χ3n) is 9.22. The number of allylic oxidation sites excluding steroid dienone is 6. The molecular formula is C44H80O14P2. The van der Waals surface area contributed by atoms with Crippen LogP contribution in [0.4, 0.5) is 0 Å². The van der Waals surface area contributed by atoms with Crippen molar-refractivity contribution in [2.24, 2.45) is 5.92 Å². The molecule has 14 nitrogen and oxygen atoms in total. The normalized spacial score (nSPS) is 15.1. The Labute approximate surface area is 361 Å². The molecule has 0 saturated heterocycles. The van der Waals surface area contributed by atoms with Crippen LogP contribution in [0.25, 0.3) is 0 Å². The summed E-state index contributed by atoms with van der Waals surface area (Å²) in [6.07, 6.45) is 34.3. The highest BCUT2D eigenvalue weighted by molar-refractivity contribution is 7.47. The fourth-order valence-electron chi connectivity index (χ4n) is 5.78. The third-order valence-corrected chi connectivity index (χ3v) is 10.7. The molecule has 16 heteroatoms. The summed E-state index contributed by atoms with van der Waals surface area (Å²) in [4.78, 5) is 52.7. The van der Waals surface area contributed by atoms with Crippen LogP contribution in [0.5, 0.6) is 0 Å². The van der Waals surface area contributed by atoms with Crippen LogP contribution >= 0.6 is 15.6 Å². The summed E-state index contributed by atoms with van der Waals surface area (Å²) in [6.45, 7) is 3.88. The molecule has 0 spiro atoms. The van der Waals surface area contributed by atoms with Gasteiger partial charge in [-0.1, -0.05) is 159 Å². The van der Waals surface area contributed by atoms with Crippen molar-refractivity contribution in [2.45, 2.75) is 187 Å². The average molecular weight is 895 g/mol. The first-order valence-electron chi connectivity index (χ1n) is 22.3. The first kappa shape index (κ1) is 58.0. The number of phosphoric ester groups is 2.